The first kappa shape index (κ1) is 16.8. The van der Waals surface area contributed by atoms with Gasteiger partial charge >= 0.3 is 6.36 Å². The zero-order valence-corrected chi connectivity index (χ0v) is 11.9. The maximum absolute atomic E-state index is 12.8. The highest BCUT2D eigenvalue weighted by Crippen LogP contribution is 2.26. The Labute approximate surface area is 129 Å². The van der Waals surface area contributed by atoms with Gasteiger partial charge in [0.05, 0.1) is 6.42 Å². The Hall–Kier alpha value is -2.57. The minimum Gasteiger partial charge on any atom is -0.405 e. The molecule has 0 aliphatic rings. The van der Waals surface area contributed by atoms with Crippen molar-refractivity contribution in [1.29, 1.82) is 0 Å². The number of rotatable bonds is 5. The van der Waals surface area contributed by atoms with Crippen LogP contribution < -0.4 is 10.1 Å². The average molecular weight is 327 g/mol. The van der Waals surface area contributed by atoms with Gasteiger partial charge < -0.3 is 10.1 Å². The van der Waals surface area contributed by atoms with Crippen molar-refractivity contribution in [3.63, 3.8) is 0 Å². The molecule has 0 bridgehead atoms. The molecule has 0 aliphatic carbocycles. The normalized spacial score (nSPS) is 11.1. The lowest BCUT2D eigenvalue weighted by Crippen LogP contribution is -2.25. The highest BCUT2D eigenvalue weighted by molar-refractivity contribution is 5.78. The second-order valence-electron chi connectivity index (χ2n) is 4.74. The molecule has 0 radical (unpaired) electrons. The molecule has 1 N–H and O–H groups in total. The van der Waals surface area contributed by atoms with Gasteiger partial charge in [0, 0.05) is 12.1 Å². The smallest absolute Gasteiger partial charge is 0.405 e. The average Bonchev–Trinajstić information content (AvgIpc) is 2.47. The van der Waals surface area contributed by atoms with Crippen LogP contribution in [0.1, 0.15) is 11.1 Å². The summed E-state index contributed by atoms with van der Waals surface area (Å²) in [5, 5.41) is 2.51. The molecule has 0 unspecified atom stereocenters. The molecule has 0 saturated carbocycles. The van der Waals surface area contributed by atoms with Crippen molar-refractivity contribution in [1.82, 2.24) is 5.32 Å². The van der Waals surface area contributed by atoms with Crippen molar-refractivity contribution in [3.8, 4) is 5.75 Å². The molecule has 0 fully saturated rings. The van der Waals surface area contributed by atoms with Gasteiger partial charge in [-0.2, -0.15) is 0 Å². The fraction of sp³-hybridized carbons (Fsp3) is 0.188. The first-order chi connectivity index (χ1) is 10.8. The predicted molar refractivity (Wildman–Crippen MR) is 75.1 cm³/mol. The molecule has 0 heterocycles. The topological polar surface area (TPSA) is 38.3 Å². The molecule has 1 amide bonds. The van der Waals surface area contributed by atoms with Crippen LogP contribution >= 0.6 is 0 Å². The highest BCUT2D eigenvalue weighted by atomic mass is 19.4. The van der Waals surface area contributed by atoms with E-state index in [1.165, 1.54) is 42.5 Å². The molecule has 122 valence electrons. The van der Waals surface area contributed by atoms with Gasteiger partial charge in [0.2, 0.25) is 5.91 Å². The monoisotopic (exact) mass is 327 g/mol. The van der Waals surface area contributed by atoms with Gasteiger partial charge in [-0.25, -0.2) is 4.39 Å². The van der Waals surface area contributed by atoms with E-state index in [-0.39, 0.29) is 24.3 Å². The van der Waals surface area contributed by atoms with E-state index in [1.807, 2.05) is 0 Å². The van der Waals surface area contributed by atoms with Crippen molar-refractivity contribution in [2.24, 2.45) is 0 Å². The van der Waals surface area contributed by atoms with Crippen LogP contribution in [0.25, 0.3) is 0 Å². The highest BCUT2D eigenvalue weighted by Gasteiger charge is 2.31. The number of carbonyl (C=O) groups is 1. The Kier molecular flexibility index (Phi) is 5.20. The van der Waals surface area contributed by atoms with Gasteiger partial charge in [-0.05, 0) is 23.8 Å². The number of nitrogens with one attached hydrogen (secondary N) is 1. The number of halogens is 4. The molecule has 2 aromatic carbocycles. The minimum absolute atomic E-state index is 0.00255. The van der Waals surface area contributed by atoms with Crippen LogP contribution in [-0.2, 0) is 17.8 Å². The van der Waals surface area contributed by atoms with Gasteiger partial charge in [0.25, 0.3) is 0 Å². The second-order valence-corrected chi connectivity index (χ2v) is 4.74. The number of hydrogen-bond donors (Lipinski definition) is 1. The SMILES string of the molecule is O=C(Cc1ccc(F)cc1)NCc1ccccc1OC(F)(F)F. The predicted octanol–water partition coefficient (Wildman–Crippen LogP) is 3.58. The Morgan fingerprint density at radius 1 is 1.04 bits per heavy atom. The van der Waals surface area contributed by atoms with Crippen LogP contribution in [0.5, 0.6) is 5.75 Å². The van der Waals surface area contributed by atoms with Gasteiger partial charge in [-0.15, -0.1) is 13.2 Å². The number of benzene rings is 2. The van der Waals surface area contributed by atoms with Crippen molar-refractivity contribution in [3.05, 3.63) is 65.5 Å². The van der Waals surface area contributed by atoms with Crippen LogP contribution in [-0.4, -0.2) is 12.3 Å². The summed E-state index contributed by atoms with van der Waals surface area (Å²) in [6.45, 7) is -0.105. The maximum atomic E-state index is 12.8. The van der Waals surface area contributed by atoms with E-state index in [9.17, 15) is 22.4 Å². The number of hydrogen-bond acceptors (Lipinski definition) is 2. The molecule has 23 heavy (non-hydrogen) atoms. The number of ether oxygens (including phenoxy) is 1. The van der Waals surface area contributed by atoms with Crippen LogP contribution in [0.2, 0.25) is 0 Å². The molecule has 3 nitrogen and oxygen atoms in total. The molecule has 7 heteroatoms. The second kappa shape index (κ2) is 7.13. The summed E-state index contributed by atoms with van der Waals surface area (Å²) >= 11 is 0. The lowest BCUT2D eigenvalue weighted by Gasteiger charge is -2.13. The van der Waals surface area contributed by atoms with E-state index in [1.54, 1.807) is 6.07 Å². The van der Waals surface area contributed by atoms with Crippen molar-refractivity contribution in [2.75, 3.05) is 0 Å². The van der Waals surface area contributed by atoms with E-state index in [0.717, 1.165) is 0 Å². The van der Waals surface area contributed by atoms with E-state index >= 15 is 0 Å². The summed E-state index contributed by atoms with van der Waals surface area (Å²) in [6, 6.07) is 11.0. The summed E-state index contributed by atoms with van der Waals surface area (Å²) < 4.78 is 53.6. The fourth-order valence-corrected chi connectivity index (χ4v) is 1.92. The number of carbonyl (C=O) groups excluding carboxylic acids is 1. The van der Waals surface area contributed by atoms with Gasteiger partial charge in [-0.3, -0.25) is 4.79 Å². The van der Waals surface area contributed by atoms with Crippen LogP contribution in [0.15, 0.2) is 48.5 Å². The zero-order chi connectivity index (χ0) is 16.9. The summed E-state index contributed by atoms with van der Waals surface area (Å²) in [4.78, 5) is 11.8. The van der Waals surface area contributed by atoms with Gasteiger partial charge in [0.1, 0.15) is 11.6 Å². The summed E-state index contributed by atoms with van der Waals surface area (Å²) in [7, 11) is 0. The third-order valence-electron chi connectivity index (χ3n) is 2.95. The summed E-state index contributed by atoms with van der Waals surface area (Å²) in [5.74, 6) is -1.16. The van der Waals surface area contributed by atoms with E-state index in [0.29, 0.717) is 5.56 Å². The molecule has 0 saturated heterocycles. The summed E-state index contributed by atoms with van der Waals surface area (Å²) in [6.07, 6.45) is -4.79. The first-order valence-corrected chi connectivity index (χ1v) is 6.68. The third-order valence-corrected chi connectivity index (χ3v) is 2.95. The van der Waals surface area contributed by atoms with E-state index < -0.39 is 18.1 Å². The lowest BCUT2D eigenvalue weighted by atomic mass is 10.1. The van der Waals surface area contributed by atoms with Crippen molar-refractivity contribution < 1.29 is 27.1 Å². The quantitative estimate of drug-likeness (QED) is 0.853. The molecule has 2 rings (SSSR count). The van der Waals surface area contributed by atoms with Crippen molar-refractivity contribution in [2.45, 2.75) is 19.3 Å². The largest absolute Gasteiger partial charge is 0.573 e. The minimum atomic E-state index is -4.80. The molecular weight excluding hydrogens is 314 g/mol. The Morgan fingerprint density at radius 2 is 1.70 bits per heavy atom. The molecule has 0 aliphatic heterocycles. The van der Waals surface area contributed by atoms with Crippen LogP contribution in [0.4, 0.5) is 17.6 Å². The Morgan fingerprint density at radius 3 is 2.35 bits per heavy atom. The zero-order valence-electron chi connectivity index (χ0n) is 11.9. The van der Waals surface area contributed by atoms with Crippen molar-refractivity contribution >= 4 is 5.91 Å². The van der Waals surface area contributed by atoms with Gasteiger partial charge in [-0.1, -0.05) is 30.3 Å². The summed E-state index contributed by atoms with van der Waals surface area (Å²) in [5.41, 5.74) is 0.806. The molecule has 0 spiro atoms. The number of amides is 1. The number of alkyl halides is 3. The lowest BCUT2D eigenvalue weighted by molar-refractivity contribution is -0.274. The van der Waals surface area contributed by atoms with Crippen LogP contribution in [0.3, 0.4) is 0 Å². The van der Waals surface area contributed by atoms with E-state index in [4.69, 9.17) is 0 Å². The Balaban J connectivity index is 1.95. The third kappa shape index (κ3) is 5.61. The Bertz CT molecular complexity index is 669. The molecule has 2 aromatic rings. The maximum Gasteiger partial charge on any atom is 0.573 e. The van der Waals surface area contributed by atoms with E-state index in [2.05, 4.69) is 10.1 Å². The number of para-hydroxylation sites is 1. The standard InChI is InChI=1S/C16H13F4NO2/c17-13-7-5-11(6-8-13)9-15(22)21-10-12-3-1-2-4-14(12)23-16(18,19)20/h1-8H,9-10H2,(H,21,22). The molecule has 0 aromatic heterocycles. The van der Waals surface area contributed by atoms with Crippen LogP contribution in [0, 0.1) is 5.82 Å². The fourth-order valence-electron chi connectivity index (χ4n) is 1.92. The molecular formula is C16H13F4NO2. The molecule has 0 atom stereocenters. The first-order valence-electron chi connectivity index (χ1n) is 6.68. The van der Waals surface area contributed by atoms with Gasteiger partial charge in [0.15, 0.2) is 0 Å².